The lowest BCUT2D eigenvalue weighted by Gasteiger charge is -2.54. The van der Waals surface area contributed by atoms with E-state index in [0.29, 0.717) is 27.7 Å². The molecule has 1 aromatic heterocycles. The van der Waals surface area contributed by atoms with Crippen LogP contribution >= 0.6 is 0 Å². The molecule has 6 unspecified atom stereocenters. The van der Waals surface area contributed by atoms with Crippen molar-refractivity contribution in [3.63, 3.8) is 0 Å². The van der Waals surface area contributed by atoms with Gasteiger partial charge in [0, 0.05) is 41.2 Å². The van der Waals surface area contributed by atoms with E-state index in [0.717, 1.165) is 0 Å². The van der Waals surface area contributed by atoms with Crippen molar-refractivity contribution in [2.24, 2.45) is 0 Å². The second-order valence-corrected chi connectivity index (χ2v) is 11.7. The van der Waals surface area contributed by atoms with Crippen molar-refractivity contribution in [2.75, 3.05) is 18.5 Å². The molecule has 1 saturated heterocycles. The van der Waals surface area contributed by atoms with Crippen LogP contribution in [-0.4, -0.2) is 96.1 Å². The number of aromatic hydroxyl groups is 1. The van der Waals surface area contributed by atoms with E-state index in [9.17, 15) is 40.2 Å². The van der Waals surface area contributed by atoms with Gasteiger partial charge in [0.2, 0.25) is 11.6 Å². The minimum atomic E-state index is -2.07. The van der Waals surface area contributed by atoms with Gasteiger partial charge in [0.25, 0.3) is 0 Å². The lowest BCUT2D eigenvalue weighted by atomic mass is 9.76. The molecule has 5 aliphatic rings. The van der Waals surface area contributed by atoms with Crippen LogP contribution in [0.4, 0.5) is 5.82 Å². The van der Waals surface area contributed by atoms with E-state index >= 15 is 0 Å². The Balaban J connectivity index is 1.56. The molecule has 43 heavy (non-hydrogen) atoms. The van der Waals surface area contributed by atoms with Crippen LogP contribution in [0.3, 0.4) is 0 Å². The number of carbonyl (C=O) groups is 2. The Labute approximate surface area is 244 Å². The van der Waals surface area contributed by atoms with Crippen molar-refractivity contribution in [1.82, 2.24) is 4.98 Å². The SMILES string of the molecule is Cc1cc(O)c2c(c1)C(=O)c1c(c3c4c5c(nccc15)NCC(O)CC=CC1(CO)OC(CC4)(O3)C(O)C(O)C1O)C2=O. The van der Waals surface area contributed by atoms with E-state index in [1.165, 1.54) is 30.5 Å². The minimum Gasteiger partial charge on any atom is -0.507 e. The molecule has 0 radical (unpaired) electrons. The lowest BCUT2D eigenvalue weighted by molar-refractivity contribution is -0.364. The minimum absolute atomic E-state index is 0.00518. The van der Waals surface area contributed by atoms with Crippen LogP contribution in [-0.2, 0) is 11.2 Å². The van der Waals surface area contributed by atoms with E-state index in [2.05, 4.69) is 10.3 Å². The number of anilines is 1. The highest BCUT2D eigenvalue weighted by molar-refractivity contribution is 6.34. The van der Waals surface area contributed by atoms with Gasteiger partial charge in [-0.15, -0.1) is 0 Å². The summed E-state index contributed by atoms with van der Waals surface area (Å²) in [5.41, 5.74) is -1.22. The van der Waals surface area contributed by atoms with E-state index in [4.69, 9.17) is 9.47 Å². The number of carbonyl (C=O) groups excluding carboxylic acids is 2. The number of fused-ring (bicyclic) bond motifs is 8. The van der Waals surface area contributed by atoms with E-state index in [1.54, 1.807) is 13.0 Å². The molecule has 12 heteroatoms. The summed E-state index contributed by atoms with van der Waals surface area (Å²) in [5, 5.41) is 69.2. The molecular formula is C31H30N2O10. The number of pyridine rings is 1. The van der Waals surface area contributed by atoms with Crippen molar-refractivity contribution < 1.29 is 49.7 Å². The number of aromatic nitrogens is 1. The Bertz CT molecular complexity index is 1750. The van der Waals surface area contributed by atoms with Gasteiger partial charge in [-0.25, -0.2) is 4.98 Å². The molecule has 0 saturated carbocycles. The first-order valence-electron chi connectivity index (χ1n) is 14.1. The molecule has 8 rings (SSSR count). The monoisotopic (exact) mass is 590 g/mol. The van der Waals surface area contributed by atoms with Crippen molar-refractivity contribution in [3.8, 4) is 11.5 Å². The second-order valence-electron chi connectivity index (χ2n) is 11.7. The number of aliphatic hydroxyl groups excluding tert-OH is 5. The predicted octanol–water partition coefficient (Wildman–Crippen LogP) is 0.622. The fourth-order valence-corrected chi connectivity index (χ4v) is 6.87. The smallest absolute Gasteiger partial charge is 0.240 e. The first-order valence-corrected chi connectivity index (χ1v) is 14.1. The van der Waals surface area contributed by atoms with Gasteiger partial charge < -0.3 is 45.4 Å². The zero-order valence-corrected chi connectivity index (χ0v) is 23.1. The third kappa shape index (κ3) is 3.81. The van der Waals surface area contributed by atoms with Crippen molar-refractivity contribution in [1.29, 1.82) is 0 Å². The predicted molar refractivity (Wildman–Crippen MR) is 150 cm³/mol. The lowest BCUT2D eigenvalue weighted by Crippen LogP contribution is -2.72. The second kappa shape index (κ2) is 9.55. The summed E-state index contributed by atoms with van der Waals surface area (Å²) >= 11 is 0. The number of ether oxygens (including phenoxy) is 2. The van der Waals surface area contributed by atoms with Crippen LogP contribution in [0.2, 0.25) is 0 Å². The largest absolute Gasteiger partial charge is 0.507 e. The van der Waals surface area contributed by atoms with E-state index in [-0.39, 0.29) is 59.6 Å². The number of benzene rings is 2. The number of phenolic OH excluding ortho intramolecular Hbond substituents is 1. The highest BCUT2D eigenvalue weighted by atomic mass is 16.7. The summed E-state index contributed by atoms with van der Waals surface area (Å²) in [6.45, 7) is 0.908. The Morgan fingerprint density at radius 3 is 2.63 bits per heavy atom. The van der Waals surface area contributed by atoms with Crippen molar-refractivity contribution in [3.05, 3.63) is 69.9 Å². The standard InChI is InChI=1S/C31H30N2O10/c1-13-9-17-20(18(36)10-13)24(38)22-21(23(17)37)15-5-8-32-29-19(15)16-4-7-31(42-26(16)22)28(41)25(39)27(40)30(12-34,43-31)6-2-3-14(35)11-33-29/h2,5-6,8-10,14,25,27-28,34-36,39-41H,3-4,7,11-12H2,1H3,(H,32,33). The van der Waals surface area contributed by atoms with Gasteiger partial charge in [-0.3, -0.25) is 9.59 Å². The van der Waals surface area contributed by atoms with Gasteiger partial charge in [-0.1, -0.05) is 12.2 Å². The average Bonchev–Trinajstić information content (AvgIpc) is 2.98. The van der Waals surface area contributed by atoms with Crippen LogP contribution in [0.5, 0.6) is 11.5 Å². The first kappa shape index (κ1) is 27.9. The van der Waals surface area contributed by atoms with Crippen molar-refractivity contribution in [2.45, 2.75) is 62.0 Å². The summed E-state index contributed by atoms with van der Waals surface area (Å²) in [6.07, 6.45) is -2.02. The fraction of sp³-hybridized carbons (Fsp3) is 0.387. The molecule has 7 N–H and O–H groups in total. The highest BCUT2D eigenvalue weighted by Crippen LogP contribution is 2.52. The molecule has 6 atom stereocenters. The molecule has 5 heterocycles. The molecule has 1 spiro atoms. The first-order chi connectivity index (χ1) is 20.5. The normalized spacial score (nSPS) is 31.3. The van der Waals surface area contributed by atoms with Gasteiger partial charge in [0.05, 0.1) is 23.8 Å². The Morgan fingerprint density at radius 1 is 1.07 bits per heavy atom. The third-order valence-electron chi connectivity index (χ3n) is 8.98. The molecule has 1 aliphatic carbocycles. The van der Waals surface area contributed by atoms with Gasteiger partial charge in [0.1, 0.15) is 41.2 Å². The van der Waals surface area contributed by atoms with Gasteiger partial charge in [-0.2, -0.15) is 0 Å². The number of aliphatic hydroxyl groups is 5. The summed E-state index contributed by atoms with van der Waals surface area (Å²) in [5.74, 6) is -3.43. The van der Waals surface area contributed by atoms with Crippen LogP contribution in [0, 0.1) is 6.92 Å². The maximum atomic E-state index is 14.2. The Morgan fingerprint density at radius 2 is 1.86 bits per heavy atom. The fourth-order valence-electron chi connectivity index (χ4n) is 6.87. The number of aryl methyl sites for hydroxylation is 2. The van der Waals surface area contributed by atoms with Crippen LogP contribution < -0.4 is 10.1 Å². The maximum absolute atomic E-state index is 14.2. The highest BCUT2D eigenvalue weighted by Gasteiger charge is 2.62. The number of rotatable bonds is 1. The molecular weight excluding hydrogens is 560 g/mol. The molecule has 3 aromatic rings. The molecule has 12 nitrogen and oxygen atoms in total. The zero-order valence-electron chi connectivity index (χ0n) is 23.1. The third-order valence-corrected chi connectivity index (χ3v) is 8.98. The topological polar surface area (TPSA) is 199 Å². The Hall–Kier alpha value is -3.91. The maximum Gasteiger partial charge on any atom is 0.240 e. The molecule has 2 aromatic carbocycles. The molecule has 224 valence electrons. The van der Waals surface area contributed by atoms with Gasteiger partial charge in [0.15, 0.2) is 5.78 Å². The average molecular weight is 591 g/mol. The summed E-state index contributed by atoms with van der Waals surface area (Å²) in [7, 11) is 0. The molecule has 1 fully saturated rings. The summed E-state index contributed by atoms with van der Waals surface area (Å²) < 4.78 is 12.7. The number of hydrogen-bond acceptors (Lipinski definition) is 12. The van der Waals surface area contributed by atoms with Gasteiger partial charge in [-0.05, 0) is 48.9 Å². The number of hydrogen-bond donors (Lipinski definition) is 7. The molecule has 5 bridgehead atoms. The van der Waals surface area contributed by atoms with E-state index < -0.39 is 54.0 Å². The molecule has 4 aliphatic heterocycles. The van der Waals surface area contributed by atoms with Crippen LogP contribution in [0.1, 0.15) is 55.8 Å². The van der Waals surface area contributed by atoms with Crippen LogP contribution in [0.15, 0.2) is 36.5 Å². The molecule has 0 amide bonds. The number of ketones is 2. The quantitative estimate of drug-likeness (QED) is 0.153. The number of nitrogens with zero attached hydrogens (tertiary/aromatic N) is 1. The number of nitrogens with one attached hydrogen (secondary N) is 1. The van der Waals surface area contributed by atoms with Crippen molar-refractivity contribution >= 4 is 28.2 Å². The van der Waals surface area contributed by atoms with Gasteiger partial charge >= 0.3 is 0 Å². The van der Waals surface area contributed by atoms with Crippen LogP contribution in [0.25, 0.3) is 10.8 Å². The zero-order chi connectivity index (χ0) is 30.4. The summed E-state index contributed by atoms with van der Waals surface area (Å²) in [6, 6.07) is 4.53. The Kier molecular flexibility index (Phi) is 6.19. The number of phenols is 1. The summed E-state index contributed by atoms with van der Waals surface area (Å²) in [4.78, 5) is 32.9. The van der Waals surface area contributed by atoms with E-state index in [1.807, 2.05) is 0 Å².